The monoisotopic (exact) mass is 505 g/mol. The Kier molecular flexibility index (Phi) is 7.09. The fourth-order valence-corrected chi connectivity index (χ4v) is 3.42. The lowest BCUT2D eigenvalue weighted by Crippen LogP contribution is -2.16. The predicted octanol–water partition coefficient (Wildman–Crippen LogP) is 5.52. The number of pyridine rings is 2. The summed E-state index contributed by atoms with van der Waals surface area (Å²) in [6, 6.07) is 7.10. The number of nitro groups is 1. The molecule has 0 radical (unpaired) electrons. The van der Waals surface area contributed by atoms with Crippen molar-refractivity contribution in [2.24, 2.45) is 7.05 Å². The van der Waals surface area contributed by atoms with Gasteiger partial charge in [0.1, 0.15) is 11.5 Å². The number of rotatable bonds is 8. The Balaban J connectivity index is 2.17. The molecule has 0 saturated carbocycles. The molecule has 0 aliphatic carbocycles. The van der Waals surface area contributed by atoms with Gasteiger partial charge in [0, 0.05) is 48.8 Å². The van der Waals surface area contributed by atoms with Gasteiger partial charge in [0.15, 0.2) is 0 Å². The summed E-state index contributed by atoms with van der Waals surface area (Å²) in [7, 11) is 1.58. The number of benzene rings is 1. The third-order valence-corrected chi connectivity index (χ3v) is 4.99. The Labute approximate surface area is 191 Å². The van der Waals surface area contributed by atoms with Gasteiger partial charge in [-0.15, -0.1) is 6.58 Å². The molecule has 0 fully saturated rings. The minimum atomic E-state index is -0.510. The minimum Gasteiger partial charge on any atom is -0.492 e. The average Bonchev–Trinajstić information content (AvgIpc) is 2.72. The first-order chi connectivity index (χ1) is 14.8. The molecular weight excluding hydrogens is 490 g/mol. The molecule has 31 heavy (non-hydrogen) atoms. The first-order valence-corrected chi connectivity index (χ1v) is 10.2. The van der Waals surface area contributed by atoms with Crippen LogP contribution in [0.3, 0.4) is 0 Å². The van der Waals surface area contributed by atoms with E-state index in [-0.39, 0.29) is 28.6 Å². The highest BCUT2D eigenvalue weighted by Crippen LogP contribution is 2.41. The summed E-state index contributed by atoms with van der Waals surface area (Å²) in [6.45, 7) is 3.94. The van der Waals surface area contributed by atoms with Gasteiger partial charge in [-0.2, -0.15) is 0 Å². The number of nitro benzene ring substituents is 1. The summed E-state index contributed by atoms with van der Waals surface area (Å²) < 4.78 is 13.6. The quantitative estimate of drug-likeness (QED) is 0.173. The summed E-state index contributed by atoms with van der Waals surface area (Å²) in [6.07, 6.45) is 5.21. The van der Waals surface area contributed by atoms with Crippen molar-refractivity contribution in [1.82, 2.24) is 9.55 Å². The van der Waals surface area contributed by atoms with Gasteiger partial charge in [-0.25, -0.2) is 4.98 Å². The number of hydrogen-bond donors (Lipinski definition) is 0. The van der Waals surface area contributed by atoms with Gasteiger partial charge < -0.3 is 14.0 Å². The zero-order valence-corrected chi connectivity index (χ0v) is 18.7. The largest absolute Gasteiger partial charge is 0.492 e. The van der Waals surface area contributed by atoms with Crippen molar-refractivity contribution in [3.63, 3.8) is 0 Å². The molecule has 8 nitrogen and oxygen atoms in total. The van der Waals surface area contributed by atoms with E-state index in [9.17, 15) is 14.9 Å². The van der Waals surface area contributed by atoms with Crippen molar-refractivity contribution in [2.45, 2.75) is 6.42 Å². The zero-order valence-electron chi connectivity index (χ0n) is 16.4. The van der Waals surface area contributed by atoms with Gasteiger partial charge in [0.2, 0.25) is 5.88 Å². The minimum absolute atomic E-state index is 0.142. The van der Waals surface area contributed by atoms with Crippen molar-refractivity contribution in [3.8, 4) is 28.5 Å². The van der Waals surface area contributed by atoms with Crippen LogP contribution in [0.1, 0.15) is 6.42 Å². The van der Waals surface area contributed by atoms with Crippen molar-refractivity contribution >= 4 is 33.2 Å². The van der Waals surface area contributed by atoms with E-state index in [4.69, 9.17) is 21.1 Å². The second kappa shape index (κ2) is 9.76. The molecule has 0 aliphatic heterocycles. The van der Waals surface area contributed by atoms with Crippen LogP contribution >= 0.6 is 27.5 Å². The molecule has 0 aliphatic rings. The van der Waals surface area contributed by atoms with Crippen molar-refractivity contribution in [2.75, 3.05) is 6.61 Å². The van der Waals surface area contributed by atoms with Crippen molar-refractivity contribution in [3.05, 3.63) is 85.3 Å². The molecule has 3 aromatic rings. The highest BCUT2D eigenvalue weighted by molar-refractivity contribution is 9.10. The highest BCUT2D eigenvalue weighted by Gasteiger charge is 2.20. The predicted molar refractivity (Wildman–Crippen MR) is 121 cm³/mol. The van der Waals surface area contributed by atoms with Crippen LogP contribution in [0.5, 0.6) is 17.4 Å². The molecule has 0 spiro atoms. The average molecular weight is 507 g/mol. The molecular formula is C21H17BrClN3O5. The second-order valence-electron chi connectivity index (χ2n) is 6.41. The highest BCUT2D eigenvalue weighted by atomic mass is 79.9. The van der Waals surface area contributed by atoms with Crippen molar-refractivity contribution in [1.29, 1.82) is 0 Å². The Bertz CT molecular complexity index is 1210. The SMILES string of the molecule is C=CCCOc1cc(=O)n(C)cc1-c1cc([N+](=O)[O-])ccc1Oc1ncc(Cl)cc1Br. The maximum Gasteiger partial charge on any atom is 0.270 e. The van der Waals surface area contributed by atoms with Gasteiger partial charge in [-0.1, -0.05) is 17.7 Å². The van der Waals surface area contributed by atoms with E-state index in [0.29, 0.717) is 33.6 Å². The number of aryl methyl sites for hydroxylation is 1. The van der Waals surface area contributed by atoms with E-state index in [2.05, 4.69) is 27.5 Å². The van der Waals surface area contributed by atoms with Gasteiger partial charge in [-0.05, 0) is 34.5 Å². The van der Waals surface area contributed by atoms with Crippen LogP contribution in [-0.4, -0.2) is 21.1 Å². The van der Waals surface area contributed by atoms with Gasteiger partial charge in [-0.3, -0.25) is 14.9 Å². The Morgan fingerprint density at radius 2 is 2.06 bits per heavy atom. The standard InChI is InChI=1S/C21H17BrClN3O5/c1-3-4-7-30-19-10-20(27)25(2)12-16(19)15-9-14(26(28)29)5-6-18(15)31-21-17(22)8-13(23)11-24-21/h3,5-6,8-12H,1,4,7H2,2H3. The fraction of sp³-hybridized carbons (Fsp3) is 0.143. The van der Waals surface area contributed by atoms with Crippen LogP contribution in [0.15, 0.2) is 64.6 Å². The maximum absolute atomic E-state index is 12.2. The normalized spacial score (nSPS) is 10.5. The van der Waals surface area contributed by atoms with Crippen LogP contribution in [0.2, 0.25) is 5.02 Å². The molecule has 0 N–H and O–H groups in total. The first-order valence-electron chi connectivity index (χ1n) is 9.02. The topological polar surface area (TPSA) is 96.5 Å². The molecule has 0 amide bonds. The summed E-state index contributed by atoms with van der Waals surface area (Å²) in [4.78, 5) is 27.2. The van der Waals surface area contributed by atoms with Crippen LogP contribution in [0, 0.1) is 10.1 Å². The van der Waals surface area contributed by atoms with Gasteiger partial charge >= 0.3 is 0 Å². The van der Waals surface area contributed by atoms with Crippen molar-refractivity contribution < 1.29 is 14.4 Å². The number of halogens is 2. The number of hydrogen-bond acceptors (Lipinski definition) is 6. The van der Waals surface area contributed by atoms with Crippen LogP contribution in [0.4, 0.5) is 5.69 Å². The molecule has 2 heterocycles. The van der Waals surface area contributed by atoms with Crippen LogP contribution in [-0.2, 0) is 7.05 Å². The zero-order chi connectivity index (χ0) is 22.5. The van der Waals surface area contributed by atoms with E-state index in [1.807, 2.05) is 0 Å². The third kappa shape index (κ3) is 5.31. The van der Waals surface area contributed by atoms with Crippen LogP contribution in [0.25, 0.3) is 11.1 Å². The maximum atomic E-state index is 12.2. The lowest BCUT2D eigenvalue weighted by molar-refractivity contribution is -0.384. The summed E-state index contributed by atoms with van der Waals surface area (Å²) in [5, 5.41) is 11.8. The summed E-state index contributed by atoms with van der Waals surface area (Å²) in [5.41, 5.74) is 0.390. The van der Waals surface area contributed by atoms with E-state index < -0.39 is 4.92 Å². The third-order valence-electron chi connectivity index (χ3n) is 4.21. The lowest BCUT2D eigenvalue weighted by Gasteiger charge is -2.16. The van der Waals surface area contributed by atoms with E-state index >= 15 is 0 Å². The molecule has 0 saturated heterocycles. The Morgan fingerprint density at radius 3 is 2.74 bits per heavy atom. The lowest BCUT2D eigenvalue weighted by atomic mass is 10.0. The van der Waals surface area contributed by atoms with Crippen LogP contribution < -0.4 is 15.0 Å². The van der Waals surface area contributed by atoms with E-state index in [1.165, 1.54) is 35.0 Å². The fourth-order valence-electron chi connectivity index (χ4n) is 2.70. The molecule has 3 rings (SSSR count). The van der Waals surface area contributed by atoms with E-state index in [0.717, 1.165) is 0 Å². The second-order valence-corrected chi connectivity index (χ2v) is 7.70. The number of nitrogens with zero attached hydrogens (tertiary/aromatic N) is 3. The molecule has 160 valence electrons. The van der Waals surface area contributed by atoms with Gasteiger partial charge in [0.05, 0.1) is 21.0 Å². The molecule has 0 atom stereocenters. The smallest absolute Gasteiger partial charge is 0.270 e. The molecule has 10 heteroatoms. The number of ether oxygens (including phenoxy) is 2. The Hall–Kier alpha value is -3.17. The number of aromatic nitrogens is 2. The summed E-state index contributed by atoms with van der Waals surface area (Å²) in [5.74, 6) is 0.783. The molecule has 1 aromatic carbocycles. The summed E-state index contributed by atoms with van der Waals surface area (Å²) >= 11 is 9.28. The molecule has 0 bridgehead atoms. The Morgan fingerprint density at radius 1 is 1.29 bits per heavy atom. The van der Waals surface area contributed by atoms with Gasteiger partial charge in [0.25, 0.3) is 11.2 Å². The number of non-ortho nitro benzene ring substituents is 1. The van der Waals surface area contributed by atoms with E-state index in [1.54, 1.807) is 25.4 Å². The first kappa shape index (κ1) is 22.5. The molecule has 2 aromatic heterocycles. The molecule has 0 unspecified atom stereocenters.